The van der Waals surface area contributed by atoms with Crippen LogP contribution in [-0.4, -0.2) is 47.6 Å². The number of ether oxygens (including phenoxy) is 1. The molecule has 1 unspecified atom stereocenters. The Labute approximate surface area is 137 Å². The van der Waals surface area contributed by atoms with E-state index in [9.17, 15) is 4.79 Å². The first-order chi connectivity index (χ1) is 10.5. The van der Waals surface area contributed by atoms with Crippen LogP contribution in [0.3, 0.4) is 0 Å². The summed E-state index contributed by atoms with van der Waals surface area (Å²) in [5, 5.41) is 6.09. The number of hydrogen-bond donors (Lipinski definition) is 1. The summed E-state index contributed by atoms with van der Waals surface area (Å²) < 4.78 is 5.70. The van der Waals surface area contributed by atoms with Gasteiger partial charge in [0.05, 0.1) is 36.4 Å². The van der Waals surface area contributed by atoms with Gasteiger partial charge in [-0.2, -0.15) is 0 Å². The summed E-state index contributed by atoms with van der Waals surface area (Å²) in [6.07, 6.45) is 0.419. The number of nitrogens with one attached hydrogen (secondary N) is 1. The van der Waals surface area contributed by atoms with E-state index in [1.807, 2.05) is 5.38 Å². The van der Waals surface area contributed by atoms with E-state index in [1.54, 1.807) is 11.3 Å². The molecule has 2 rings (SSSR count). The molecule has 0 saturated carbocycles. The third kappa shape index (κ3) is 5.04. The highest BCUT2D eigenvalue weighted by Gasteiger charge is 2.24. The lowest BCUT2D eigenvalue weighted by Crippen LogP contribution is -2.47. The third-order valence-electron chi connectivity index (χ3n) is 3.84. The molecular weight excluding hydrogens is 298 g/mol. The number of rotatable bonds is 6. The maximum Gasteiger partial charge on any atom is 0.222 e. The standard InChI is InChI=1S/C16H27N3O2S/c1-11(2)16-18-13(10-22-16)8-17-15(20)7-14-9-19(12(3)4)5-6-21-14/h10-12,14H,5-9H2,1-4H3,(H,17,20). The minimum absolute atomic E-state index is 0.00203. The van der Waals surface area contributed by atoms with Gasteiger partial charge in [-0.15, -0.1) is 11.3 Å². The molecule has 1 fully saturated rings. The molecule has 0 bridgehead atoms. The highest BCUT2D eigenvalue weighted by Crippen LogP contribution is 2.19. The Balaban J connectivity index is 1.75. The van der Waals surface area contributed by atoms with Gasteiger partial charge in [-0.1, -0.05) is 13.8 Å². The third-order valence-corrected chi connectivity index (χ3v) is 5.04. The molecule has 0 aliphatic carbocycles. The molecule has 5 nitrogen and oxygen atoms in total. The van der Waals surface area contributed by atoms with Gasteiger partial charge in [-0.25, -0.2) is 4.98 Å². The van der Waals surface area contributed by atoms with Crippen LogP contribution in [0.4, 0.5) is 0 Å². The molecule has 22 heavy (non-hydrogen) atoms. The second-order valence-electron chi connectivity index (χ2n) is 6.39. The maximum absolute atomic E-state index is 12.1. The van der Waals surface area contributed by atoms with Crippen molar-refractivity contribution >= 4 is 17.2 Å². The van der Waals surface area contributed by atoms with Crippen molar-refractivity contribution in [3.63, 3.8) is 0 Å². The predicted octanol–water partition coefficient (Wildman–Crippen LogP) is 2.38. The van der Waals surface area contributed by atoms with Crippen LogP contribution in [0, 0.1) is 0 Å². The lowest BCUT2D eigenvalue weighted by atomic mass is 10.1. The average Bonchev–Trinajstić information content (AvgIpc) is 2.94. The molecule has 1 saturated heterocycles. The number of carbonyl (C=O) groups is 1. The highest BCUT2D eigenvalue weighted by molar-refractivity contribution is 7.09. The smallest absolute Gasteiger partial charge is 0.222 e. The summed E-state index contributed by atoms with van der Waals surface area (Å²) in [5.41, 5.74) is 0.940. The molecule has 1 aliphatic rings. The number of hydrogen-bond acceptors (Lipinski definition) is 5. The number of morpholine rings is 1. The fourth-order valence-corrected chi connectivity index (χ4v) is 3.31. The second-order valence-corrected chi connectivity index (χ2v) is 7.28. The molecule has 0 spiro atoms. The Kier molecular flexibility index (Phi) is 6.35. The maximum atomic E-state index is 12.1. The van der Waals surface area contributed by atoms with E-state index in [4.69, 9.17) is 4.74 Å². The fraction of sp³-hybridized carbons (Fsp3) is 0.750. The Bertz CT molecular complexity index is 487. The van der Waals surface area contributed by atoms with E-state index < -0.39 is 0 Å². The Morgan fingerprint density at radius 1 is 1.50 bits per heavy atom. The molecule has 1 aromatic heterocycles. The lowest BCUT2D eigenvalue weighted by Gasteiger charge is -2.35. The Morgan fingerprint density at radius 2 is 2.27 bits per heavy atom. The van der Waals surface area contributed by atoms with Gasteiger partial charge in [0.1, 0.15) is 0 Å². The van der Waals surface area contributed by atoms with E-state index in [1.165, 1.54) is 0 Å². The van der Waals surface area contributed by atoms with Crippen LogP contribution in [0.5, 0.6) is 0 Å². The normalized spacial score (nSPS) is 19.8. The van der Waals surface area contributed by atoms with Gasteiger partial charge >= 0.3 is 0 Å². The first kappa shape index (κ1) is 17.4. The quantitative estimate of drug-likeness (QED) is 0.872. The van der Waals surface area contributed by atoms with Gasteiger partial charge in [0, 0.05) is 30.4 Å². The summed E-state index contributed by atoms with van der Waals surface area (Å²) in [7, 11) is 0. The van der Waals surface area contributed by atoms with Gasteiger partial charge in [0.25, 0.3) is 0 Å². The number of carbonyl (C=O) groups excluding carboxylic acids is 1. The second kappa shape index (κ2) is 8.04. The molecule has 1 aromatic rings. The zero-order chi connectivity index (χ0) is 16.1. The molecule has 1 amide bonds. The SMILES string of the molecule is CC(C)c1nc(CNC(=O)CC2CN(C(C)C)CCO2)cs1. The molecule has 1 N–H and O–H groups in total. The molecule has 6 heteroatoms. The molecule has 124 valence electrons. The van der Waals surface area contributed by atoms with Crippen molar-refractivity contribution in [2.75, 3.05) is 19.7 Å². The van der Waals surface area contributed by atoms with Gasteiger partial charge < -0.3 is 10.1 Å². The molecule has 0 radical (unpaired) electrons. The van der Waals surface area contributed by atoms with E-state index >= 15 is 0 Å². The number of amides is 1. The van der Waals surface area contributed by atoms with Crippen molar-refractivity contribution in [1.82, 2.24) is 15.2 Å². The van der Waals surface area contributed by atoms with Crippen LogP contribution in [0.2, 0.25) is 0 Å². The monoisotopic (exact) mass is 325 g/mol. The van der Waals surface area contributed by atoms with E-state index in [-0.39, 0.29) is 12.0 Å². The van der Waals surface area contributed by atoms with Gasteiger partial charge in [-0.3, -0.25) is 9.69 Å². The zero-order valence-corrected chi connectivity index (χ0v) is 14.8. The van der Waals surface area contributed by atoms with Crippen molar-refractivity contribution in [3.8, 4) is 0 Å². The largest absolute Gasteiger partial charge is 0.375 e. The highest BCUT2D eigenvalue weighted by atomic mass is 32.1. The molecule has 1 aliphatic heterocycles. The van der Waals surface area contributed by atoms with Crippen molar-refractivity contribution in [1.29, 1.82) is 0 Å². The molecule has 2 heterocycles. The molecule has 1 atom stereocenters. The molecule has 0 aromatic carbocycles. The minimum Gasteiger partial charge on any atom is -0.375 e. The van der Waals surface area contributed by atoms with Crippen molar-refractivity contribution < 1.29 is 9.53 Å². The summed E-state index contributed by atoms with van der Waals surface area (Å²) in [5.74, 6) is 0.474. The minimum atomic E-state index is -0.00203. The van der Waals surface area contributed by atoms with E-state index in [0.29, 0.717) is 31.5 Å². The van der Waals surface area contributed by atoms with E-state index in [0.717, 1.165) is 23.8 Å². The summed E-state index contributed by atoms with van der Waals surface area (Å²) in [6.45, 7) is 11.6. The fourth-order valence-electron chi connectivity index (χ4n) is 2.47. The summed E-state index contributed by atoms with van der Waals surface area (Å²) in [6, 6.07) is 0.499. The van der Waals surface area contributed by atoms with Gasteiger partial charge in [0.15, 0.2) is 0 Å². The summed E-state index contributed by atoms with van der Waals surface area (Å²) >= 11 is 1.65. The van der Waals surface area contributed by atoms with Crippen LogP contribution >= 0.6 is 11.3 Å². The Morgan fingerprint density at radius 3 is 2.91 bits per heavy atom. The van der Waals surface area contributed by atoms with E-state index in [2.05, 4.69) is 42.9 Å². The van der Waals surface area contributed by atoms with Gasteiger partial charge in [0.2, 0.25) is 5.91 Å². The van der Waals surface area contributed by atoms with Crippen molar-refractivity contribution in [3.05, 3.63) is 16.1 Å². The van der Waals surface area contributed by atoms with Crippen LogP contribution in [0.15, 0.2) is 5.38 Å². The number of nitrogens with zero attached hydrogens (tertiary/aromatic N) is 2. The van der Waals surface area contributed by atoms with Crippen molar-refractivity contribution in [2.45, 2.75) is 58.7 Å². The van der Waals surface area contributed by atoms with Gasteiger partial charge in [-0.05, 0) is 13.8 Å². The van der Waals surface area contributed by atoms with Crippen molar-refractivity contribution in [2.24, 2.45) is 0 Å². The zero-order valence-electron chi connectivity index (χ0n) is 14.0. The first-order valence-electron chi connectivity index (χ1n) is 8.02. The van der Waals surface area contributed by atoms with Crippen LogP contribution in [-0.2, 0) is 16.1 Å². The Hall–Kier alpha value is -0.980. The molecular formula is C16H27N3O2S. The van der Waals surface area contributed by atoms with Crippen LogP contribution in [0.25, 0.3) is 0 Å². The number of thiazole rings is 1. The van der Waals surface area contributed by atoms with Crippen LogP contribution < -0.4 is 5.32 Å². The topological polar surface area (TPSA) is 54.5 Å². The van der Waals surface area contributed by atoms with Crippen LogP contribution in [0.1, 0.15) is 50.7 Å². The average molecular weight is 325 g/mol. The summed E-state index contributed by atoms with van der Waals surface area (Å²) in [4.78, 5) is 19.0. The first-order valence-corrected chi connectivity index (χ1v) is 8.90. The number of aromatic nitrogens is 1. The lowest BCUT2D eigenvalue weighted by molar-refractivity contribution is -0.126. The predicted molar refractivity (Wildman–Crippen MR) is 89.1 cm³/mol.